The van der Waals surface area contributed by atoms with Crippen LogP contribution in [0.3, 0.4) is 0 Å². The molecular formula is C18H16BrNO5. The maximum absolute atomic E-state index is 12.2. The number of hydrogen-bond donors (Lipinski definition) is 1. The summed E-state index contributed by atoms with van der Waals surface area (Å²) in [5.41, 5.74) is 0.910. The van der Waals surface area contributed by atoms with E-state index < -0.39 is 18.0 Å². The molecule has 1 heterocycles. The van der Waals surface area contributed by atoms with Gasteiger partial charge in [0.2, 0.25) is 0 Å². The van der Waals surface area contributed by atoms with Crippen molar-refractivity contribution in [2.45, 2.75) is 13.0 Å². The summed E-state index contributed by atoms with van der Waals surface area (Å²) in [6.07, 6.45) is -0.945. The number of rotatable bonds is 4. The van der Waals surface area contributed by atoms with E-state index in [1.54, 1.807) is 42.5 Å². The molecule has 0 spiro atoms. The Morgan fingerprint density at radius 1 is 1.12 bits per heavy atom. The summed E-state index contributed by atoms with van der Waals surface area (Å²) in [4.78, 5) is 24.3. The molecule has 1 amide bonds. The first-order valence-corrected chi connectivity index (χ1v) is 8.49. The number of carbonyl (C=O) groups excluding carboxylic acids is 2. The van der Waals surface area contributed by atoms with Gasteiger partial charge in [-0.15, -0.1) is 0 Å². The Hall–Kier alpha value is -2.54. The molecule has 2 aromatic rings. The van der Waals surface area contributed by atoms with Crippen LogP contribution < -0.4 is 14.8 Å². The highest BCUT2D eigenvalue weighted by atomic mass is 79.9. The second-order valence-electron chi connectivity index (χ2n) is 5.41. The monoisotopic (exact) mass is 405 g/mol. The molecule has 1 N–H and O–H groups in total. The first kappa shape index (κ1) is 17.3. The fraction of sp³-hybridized carbons (Fsp3) is 0.222. The van der Waals surface area contributed by atoms with Crippen LogP contribution >= 0.6 is 15.9 Å². The number of benzene rings is 2. The van der Waals surface area contributed by atoms with Crippen molar-refractivity contribution in [1.29, 1.82) is 0 Å². The van der Waals surface area contributed by atoms with Gasteiger partial charge in [0.1, 0.15) is 13.2 Å². The van der Waals surface area contributed by atoms with Crippen LogP contribution in [0.1, 0.15) is 17.3 Å². The van der Waals surface area contributed by atoms with E-state index in [4.69, 9.17) is 14.2 Å². The molecule has 0 aliphatic carbocycles. The van der Waals surface area contributed by atoms with Gasteiger partial charge in [0.05, 0.1) is 5.56 Å². The molecule has 1 aliphatic rings. The van der Waals surface area contributed by atoms with E-state index in [9.17, 15) is 9.59 Å². The van der Waals surface area contributed by atoms with Gasteiger partial charge in [-0.1, -0.05) is 22.0 Å². The number of ether oxygens (including phenoxy) is 3. The van der Waals surface area contributed by atoms with Crippen molar-refractivity contribution in [2.75, 3.05) is 18.5 Å². The summed E-state index contributed by atoms with van der Waals surface area (Å²) < 4.78 is 16.9. The third-order valence-corrected chi connectivity index (χ3v) is 4.02. The number of nitrogens with one attached hydrogen (secondary N) is 1. The Kier molecular flexibility index (Phi) is 5.23. The fourth-order valence-electron chi connectivity index (χ4n) is 2.26. The molecule has 0 radical (unpaired) electrons. The highest BCUT2D eigenvalue weighted by Crippen LogP contribution is 2.32. The number of carbonyl (C=O) groups is 2. The highest BCUT2D eigenvalue weighted by Gasteiger charge is 2.20. The van der Waals surface area contributed by atoms with Crippen molar-refractivity contribution in [2.24, 2.45) is 0 Å². The molecule has 3 rings (SSSR count). The van der Waals surface area contributed by atoms with E-state index in [1.165, 1.54) is 6.92 Å². The summed E-state index contributed by atoms with van der Waals surface area (Å²) >= 11 is 3.29. The second kappa shape index (κ2) is 7.57. The minimum Gasteiger partial charge on any atom is -0.486 e. The van der Waals surface area contributed by atoms with Crippen LogP contribution in [-0.2, 0) is 9.53 Å². The number of amides is 1. The molecule has 0 bridgehead atoms. The van der Waals surface area contributed by atoms with E-state index in [-0.39, 0.29) is 0 Å². The lowest BCUT2D eigenvalue weighted by Gasteiger charge is -2.19. The van der Waals surface area contributed by atoms with E-state index >= 15 is 0 Å². The van der Waals surface area contributed by atoms with Crippen LogP contribution in [0.2, 0.25) is 0 Å². The number of esters is 1. The summed E-state index contributed by atoms with van der Waals surface area (Å²) in [7, 11) is 0. The summed E-state index contributed by atoms with van der Waals surface area (Å²) in [5.74, 6) is 0.215. The zero-order chi connectivity index (χ0) is 17.8. The molecule has 0 aromatic heterocycles. The average molecular weight is 406 g/mol. The first-order chi connectivity index (χ1) is 12.0. The lowest BCUT2D eigenvalue weighted by Crippen LogP contribution is -2.30. The zero-order valence-corrected chi connectivity index (χ0v) is 15.0. The van der Waals surface area contributed by atoms with Crippen LogP contribution in [0.5, 0.6) is 11.5 Å². The molecular weight excluding hydrogens is 390 g/mol. The predicted molar refractivity (Wildman–Crippen MR) is 95.1 cm³/mol. The minimum atomic E-state index is -0.945. The molecule has 6 nitrogen and oxygen atoms in total. The van der Waals surface area contributed by atoms with Crippen LogP contribution in [0, 0.1) is 0 Å². The van der Waals surface area contributed by atoms with E-state index in [0.717, 1.165) is 4.47 Å². The summed E-state index contributed by atoms with van der Waals surface area (Å²) in [6, 6.07) is 11.9. The van der Waals surface area contributed by atoms with Gasteiger partial charge in [-0.05, 0) is 37.3 Å². The number of halogens is 1. The summed E-state index contributed by atoms with van der Waals surface area (Å²) in [5, 5.41) is 2.70. The molecule has 7 heteroatoms. The molecule has 25 heavy (non-hydrogen) atoms. The van der Waals surface area contributed by atoms with Gasteiger partial charge in [-0.3, -0.25) is 4.79 Å². The number of hydrogen-bond acceptors (Lipinski definition) is 5. The van der Waals surface area contributed by atoms with Crippen molar-refractivity contribution in [3.8, 4) is 11.5 Å². The highest BCUT2D eigenvalue weighted by molar-refractivity contribution is 9.10. The lowest BCUT2D eigenvalue weighted by molar-refractivity contribution is -0.123. The van der Waals surface area contributed by atoms with Gasteiger partial charge in [-0.2, -0.15) is 0 Å². The van der Waals surface area contributed by atoms with Crippen LogP contribution in [0.15, 0.2) is 46.9 Å². The minimum absolute atomic E-state index is 0.369. The van der Waals surface area contributed by atoms with Gasteiger partial charge in [0.25, 0.3) is 5.91 Å². The normalized spacial score (nSPS) is 13.7. The predicted octanol–water partition coefficient (Wildman–Crippen LogP) is 3.40. The van der Waals surface area contributed by atoms with Gasteiger partial charge in [0.15, 0.2) is 17.6 Å². The maximum Gasteiger partial charge on any atom is 0.338 e. The quantitative estimate of drug-likeness (QED) is 0.788. The zero-order valence-electron chi connectivity index (χ0n) is 13.5. The number of anilines is 1. The van der Waals surface area contributed by atoms with Gasteiger partial charge >= 0.3 is 5.97 Å². The Balaban J connectivity index is 1.62. The Labute approximate surface area is 153 Å². The van der Waals surface area contributed by atoms with Crippen molar-refractivity contribution in [3.05, 3.63) is 52.5 Å². The summed E-state index contributed by atoms with van der Waals surface area (Å²) in [6.45, 7) is 2.48. The van der Waals surface area contributed by atoms with Gasteiger partial charge in [0, 0.05) is 16.2 Å². The smallest absolute Gasteiger partial charge is 0.338 e. The van der Waals surface area contributed by atoms with Gasteiger partial charge < -0.3 is 19.5 Å². The molecule has 0 unspecified atom stereocenters. The molecule has 1 atom stereocenters. The standard InChI is InChI=1S/C18H16BrNO5/c1-11(25-18(22)12-3-2-4-13(19)9-12)17(21)20-14-5-6-15-16(10-14)24-8-7-23-15/h2-6,9-11H,7-8H2,1H3,(H,20,21)/t11-/m0/s1. The Morgan fingerprint density at radius 2 is 1.88 bits per heavy atom. The largest absolute Gasteiger partial charge is 0.486 e. The third-order valence-electron chi connectivity index (χ3n) is 3.52. The van der Waals surface area contributed by atoms with Crippen LogP contribution in [0.25, 0.3) is 0 Å². The van der Waals surface area contributed by atoms with Crippen LogP contribution in [-0.4, -0.2) is 31.2 Å². The molecule has 0 saturated carbocycles. The SMILES string of the molecule is C[C@H](OC(=O)c1cccc(Br)c1)C(=O)Nc1ccc2c(c1)OCCO2. The lowest BCUT2D eigenvalue weighted by atomic mass is 10.2. The second-order valence-corrected chi connectivity index (χ2v) is 6.32. The van der Waals surface area contributed by atoms with Gasteiger partial charge in [-0.25, -0.2) is 4.79 Å². The maximum atomic E-state index is 12.2. The Bertz CT molecular complexity index is 808. The third kappa shape index (κ3) is 4.30. The topological polar surface area (TPSA) is 73.9 Å². The molecule has 2 aromatic carbocycles. The Morgan fingerprint density at radius 3 is 2.64 bits per heavy atom. The molecule has 130 valence electrons. The van der Waals surface area contributed by atoms with Crippen LogP contribution in [0.4, 0.5) is 5.69 Å². The fourth-order valence-corrected chi connectivity index (χ4v) is 2.66. The van der Waals surface area contributed by atoms with E-state index in [2.05, 4.69) is 21.2 Å². The molecule has 1 aliphatic heterocycles. The van der Waals surface area contributed by atoms with E-state index in [1.807, 2.05) is 0 Å². The van der Waals surface area contributed by atoms with Crippen molar-refractivity contribution >= 4 is 33.5 Å². The molecule has 0 fully saturated rings. The van der Waals surface area contributed by atoms with Crippen molar-refractivity contribution in [1.82, 2.24) is 0 Å². The molecule has 0 saturated heterocycles. The van der Waals surface area contributed by atoms with Crippen molar-refractivity contribution < 1.29 is 23.8 Å². The average Bonchev–Trinajstić information content (AvgIpc) is 2.61. The van der Waals surface area contributed by atoms with E-state index in [0.29, 0.717) is 36.0 Å². The van der Waals surface area contributed by atoms with Crippen molar-refractivity contribution in [3.63, 3.8) is 0 Å². The first-order valence-electron chi connectivity index (χ1n) is 7.70. The number of fused-ring (bicyclic) bond motifs is 1.